The van der Waals surface area contributed by atoms with E-state index >= 15 is 0 Å². The Hall–Kier alpha value is -3.42. The maximum atomic E-state index is 12.9. The van der Waals surface area contributed by atoms with E-state index < -0.39 is 0 Å². The molecule has 5 nitrogen and oxygen atoms in total. The molecule has 3 aromatic carbocycles. The summed E-state index contributed by atoms with van der Waals surface area (Å²) >= 11 is 8.86. The van der Waals surface area contributed by atoms with Gasteiger partial charge in [0.2, 0.25) is 0 Å². The van der Waals surface area contributed by atoms with Crippen LogP contribution in [0.5, 0.6) is 5.75 Å². The molecule has 1 aliphatic heterocycles. The third kappa shape index (κ3) is 4.55. The average molecular weight is 519 g/mol. The second-order valence-corrected chi connectivity index (χ2v) is 9.02. The minimum absolute atomic E-state index is 0.220. The zero-order valence-corrected chi connectivity index (χ0v) is 20.1. The molecule has 2 heterocycles. The summed E-state index contributed by atoms with van der Waals surface area (Å²) in [6.07, 6.45) is 1.65. The number of benzene rings is 3. The molecule has 0 unspecified atom stereocenters. The molecule has 0 radical (unpaired) electrons. The van der Waals surface area contributed by atoms with Crippen LogP contribution in [-0.2, 0) is 11.4 Å². The number of halogens is 1. The number of carbonyl (C=O) groups excluding carboxylic acids is 1. The molecule has 0 spiro atoms. The Labute approximate surface area is 204 Å². The molecular formula is C26H19BrN2O3S. The highest BCUT2D eigenvalue weighted by molar-refractivity contribution is 9.10. The predicted molar refractivity (Wildman–Crippen MR) is 137 cm³/mol. The number of nitrogens with zero attached hydrogens (tertiary/aromatic N) is 1. The van der Waals surface area contributed by atoms with Gasteiger partial charge in [0.1, 0.15) is 29.6 Å². The number of nitrogens with one attached hydrogen (secondary N) is 1. The number of carbonyl (C=O) groups is 1. The Bertz CT molecular complexity index is 1430. The average Bonchev–Trinajstić information content (AvgIpc) is 3.35. The molecule has 1 amide bonds. The minimum Gasteiger partial charge on any atom is -0.486 e. The summed E-state index contributed by atoms with van der Waals surface area (Å²) in [6.45, 7) is 2.25. The Kier molecular flexibility index (Phi) is 5.74. The van der Waals surface area contributed by atoms with Crippen LogP contribution < -0.4 is 15.0 Å². The summed E-state index contributed by atoms with van der Waals surface area (Å²) in [4.78, 5) is 14.4. The van der Waals surface area contributed by atoms with Gasteiger partial charge in [-0.25, -0.2) is 0 Å². The van der Waals surface area contributed by atoms with Gasteiger partial charge in [-0.3, -0.25) is 9.69 Å². The van der Waals surface area contributed by atoms with Gasteiger partial charge in [-0.05, 0) is 84.0 Å². The van der Waals surface area contributed by atoms with Crippen molar-refractivity contribution in [2.75, 3.05) is 4.90 Å². The SMILES string of the molecule is Cc1cccc(N2C(=O)/C(=C\c3ccc(COc4ccc5cc(Br)ccc5c4)o3)NC2=S)c1. The van der Waals surface area contributed by atoms with Crippen molar-refractivity contribution >= 4 is 61.7 Å². The van der Waals surface area contributed by atoms with Crippen molar-refractivity contribution in [3.8, 4) is 5.75 Å². The first-order valence-corrected chi connectivity index (χ1v) is 11.5. The highest BCUT2D eigenvalue weighted by Gasteiger charge is 2.32. The summed E-state index contributed by atoms with van der Waals surface area (Å²) in [5, 5.41) is 5.56. The largest absolute Gasteiger partial charge is 0.486 e. The number of amides is 1. The second-order valence-electron chi connectivity index (χ2n) is 7.71. The Morgan fingerprint density at radius 2 is 1.88 bits per heavy atom. The van der Waals surface area contributed by atoms with Crippen LogP contribution in [0.3, 0.4) is 0 Å². The van der Waals surface area contributed by atoms with E-state index in [-0.39, 0.29) is 12.5 Å². The Morgan fingerprint density at radius 3 is 2.73 bits per heavy atom. The summed E-state index contributed by atoms with van der Waals surface area (Å²) in [5.41, 5.74) is 2.15. The van der Waals surface area contributed by atoms with Gasteiger partial charge < -0.3 is 14.5 Å². The van der Waals surface area contributed by atoms with Crippen LogP contribution in [0.25, 0.3) is 16.8 Å². The molecule has 1 aromatic heterocycles. The number of anilines is 1. The first-order valence-electron chi connectivity index (χ1n) is 10.3. The highest BCUT2D eigenvalue weighted by Crippen LogP contribution is 2.26. The fourth-order valence-corrected chi connectivity index (χ4v) is 4.34. The van der Waals surface area contributed by atoms with E-state index in [9.17, 15) is 4.79 Å². The van der Waals surface area contributed by atoms with E-state index in [1.165, 1.54) is 4.90 Å². The Morgan fingerprint density at radius 1 is 1.06 bits per heavy atom. The normalized spacial score (nSPS) is 14.8. The molecule has 33 heavy (non-hydrogen) atoms. The van der Waals surface area contributed by atoms with Crippen LogP contribution in [0.4, 0.5) is 5.69 Å². The van der Waals surface area contributed by atoms with Gasteiger partial charge in [-0.15, -0.1) is 0 Å². The molecule has 0 saturated carbocycles. The fraction of sp³-hybridized carbons (Fsp3) is 0.0769. The van der Waals surface area contributed by atoms with Gasteiger partial charge in [0.15, 0.2) is 5.11 Å². The van der Waals surface area contributed by atoms with E-state index in [0.29, 0.717) is 22.3 Å². The van der Waals surface area contributed by atoms with Gasteiger partial charge in [0.05, 0.1) is 5.69 Å². The van der Waals surface area contributed by atoms with Crippen molar-refractivity contribution in [3.63, 3.8) is 0 Å². The van der Waals surface area contributed by atoms with Crippen molar-refractivity contribution in [1.29, 1.82) is 0 Å². The smallest absolute Gasteiger partial charge is 0.281 e. The predicted octanol–water partition coefficient (Wildman–Crippen LogP) is 6.34. The second kappa shape index (κ2) is 8.84. The topological polar surface area (TPSA) is 54.7 Å². The standard InChI is InChI=1S/C26H19BrN2O3S/c1-16-3-2-4-20(11-16)29-25(30)24(28-26(29)33)14-22-9-10-23(32-22)15-31-21-8-6-17-12-19(27)7-5-18(17)13-21/h2-14H,15H2,1H3,(H,28,33)/b24-14+. The van der Waals surface area contributed by atoms with E-state index in [1.54, 1.807) is 12.1 Å². The molecule has 1 saturated heterocycles. The van der Waals surface area contributed by atoms with Crippen LogP contribution in [0, 0.1) is 6.92 Å². The monoisotopic (exact) mass is 518 g/mol. The van der Waals surface area contributed by atoms with Crippen molar-refractivity contribution < 1.29 is 13.9 Å². The molecule has 0 bridgehead atoms. The lowest BCUT2D eigenvalue weighted by atomic mass is 10.1. The maximum Gasteiger partial charge on any atom is 0.281 e. The molecule has 164 valence electrons. The molecule has 1 aliphatic rings. The summed E-state index contributed by atoms with van der Waals surface area (Å²) in [7, 11) is 0. The van der Waals surface area contributed by atoms with E-state index in [2.05, 4.69) is 27.3 Å². The summed E-state index contributed by atoms with van der Waals surface area (Å²) in [6, 6.07) is 23.3. The van der Waals surface area contributed by atoms with E-state index in [0.717, 1.165) is 32.2 Å². The van der Waals surface area contributed by atoms with Crippen molar-refractivity contribution in [2.24, 2.45) is 0 Å². The van der Waals surface area contributed by atoms with Crippen LogP contribution in [0.1, 0.15) is 17.1 Å². The maximum absolute atomic E-state index is 12.9. The zero-order chi connectivity index (χ0) is 22.9. The van der Waals surface area contributed by atoms with Gasteiger partial charge >= 0.3 is 0 Å². The molecule has 1 fully saturated rings. The third-order valence-electron chi connectivity index (χ3n) is 5.26. The minimum atomic E-state index is -0.220. The first kappa shape index (κ1) is 21.4. The van der Waals surface area contributed by atoms with Crippen LogP contribution in [0.15, 0.2) is 87.4 Å². The molecule has 5 rings (SSSR count). The lowest BCUT2D eigenvalue weighted by Gasteiger charge is -2.14. The molecule has 1 N–H and O–H groups in total. The molecular weight excluding hydrogens is 500 g/mol. The molecule has 0 atom stereocenters. The number of rotatable bonds is 5. The number of hydrogen-bond acceptors (Lipinski definition) is 4. The van der Waals surface area contributed by atoms with Crippen LogP contribution in [-0.4, -0.2) is 11.0 Å². The van der Waals surface area contributed by atoms with Gasteiger partial charge in [0.25, 0.3) is 5.91 Å². The molecule has 4 aromatic rings. The fourth-order valence-electron chi connectivity index (χ4n) is 3.67. The van der Waals surface area contributed by atoms with Crippen molar-refractivity contribution in [3.05, 3.63) is 100 Å². The summed E-state index contributed by atoms with van der Waals surface area (Å²) in [5.74, 6) is 1.73. The third-order valence-corrected chi connectivity index (χ3v) is 6.04. The number of furan rings is 1. The van der Waals surface area contributed by atoms with E-state index in [4.69, 9.17) is 21.4 Å². The van der Waals surface area contributed by atoms with Crippen molar-refractivity contribution in [1.82, 2.24) is 5.32 Å². The number of hydrogen-bond donors (Lipinski definition) is 1. The highest BCUT2D eigenvalue weighted by atomic mass is 79.9. The van der Waals surface area contributed by atoms with Crippen LogP contribution in [0.2, 0.25) is 0 Å². The lowest BCUT2D eigenvalue weighted by molar-refractivity contribution is -0.113. The number of aryl methyl sites for hydroxylation is 1. The molecule has 0 aliphatic carbocycles. The number of fused-ring (bicyclic) bond motifs is 1. The molecule has 7 heteroatoms. The van der Waals surface area contributed by atoms with E-state index in [1.807, 2.05) is 67.6 Å². The van der Waals surface area contributed by atoms with Crippen LogP contribution >= 0.6 is 28.1 Å². The Balaban J connectivity index is 1.28. The first-order chi connectivity index (χ1) is 16.0. The number of ether oxygens (including phenoxy) is 1. The van der Waals surface area contributed by atoms with Gasteiger partial charge in [-0.1, -0.05) is 40.2 Å². The number of thiocarbonyl (C=S) groups is 1. The quantitative estimate of drug-likeness (QED) is 0.246. The zero-order valence-electron chi connectivity index (χ0n) is 17.7. The lowest BCUT2D eigenvalue weighted by Crippen LogP contribution is -2.30. The van der Waals surface area contributed by atoms with Gasteiger partial charge in [-0.2, -0.15) is 0 Å². The van der Waals surface area contributed by atoms with Gasteiger partial charge in [0, 0.05) is 10.5 Å². The van der Waals surface area contributed by atoms with Crippen molar-refractivity contribution in [2.45, 2.75) is 13.5 Å². The summed E-state index contributed by atoms with van der Waals surface area (Å²) < 4.78 is 12.8.